The van der Waals surface area contributed by atoms with E-state index in [0.29, 0.717) is 11.6 Å². The molecule has 0 aliphatic carbocycles. The minimum atomic E-state index is 0.576. The van der Waals surface area contributed by atoms with Crippen LogP contribution in [0.3, 0.4) is 0 Å². The highest BCUT2D eigenvalue weighted by Gasteiger charge is 2.07. The number of aryl methyl sites for hydroxylation is 2. The van der Waals surface area contributed by atoms with E-state index in [1.807, 2.05) is 19.9 Å². The molecule has 0 bridgehead atoms. The Hall–Kier alpha value is -2.01. The van der Waals surface area contributed by atoms with Crippen molar-refractivity contribution in [3.05, 3.63) is 35.7 Å². The maximum Gasteiger partial charge on any atom is 0.180 e. The van der Waals surface area contributed by atoms with Crippen molar-refractivity contribution in [1.29, 1.82) is 0 Å². The second-order valence-corrected chi connectivity index (χ2v) is 3.59. The van der Waals surface area contributed by atoms with Crippen molar-refractivity contribution >= 4 is 5.82 Å². The standard InChI is InChI=1S/C11H13N5/c1-7-5-8(2)10(14-6-7)11-13-4-3-9(15-11)16-12/h3-6H,12H2,1-2H3,(H,13,15,16). The summed E-state index contributed by atoms with van der Waals surface area (Å²) in [6.45, 7) is 3.99. The summed E-state index contributed by atoms with van der Waals surface area (Å²) in [7, 11) is 0. The van der Waals surface area contributed by atoms with Gasteiger partial charge in [-0.3, -0.25) is 4.98 Å². The number of hydrogen-bond donors (Lipinski definition) is 2. The summed E-state index contributed by atoms with van der Waals surface area (Å²) in [5.74, 6) is 6.45. The van der Waals surface area contributed by atoms with Crippen molar-refractivity contribution in [1.82, 2.24) is 15.0 Å². The zero-order valence-electron chi connectivity index (χ0n) is 9.23. The first kappa shape index (κ1) is 10.5. The maximum atomic E-state index is 5.30. The van der Waals surface area contributed by atoms with Crippen LogP contribution in [0, 0.1) is 13.8 Å². The third-order valence-electron chi connectivity index (χ3n) is 2.23. The molecule has 3 N–H and O–H groups in total. The summed E-state index contributed by atoms with van der Waals surface area (Å²) in [5, 5.41) is 0. The molecule has 0 aliphatic rings. The van der Waals surface area contributed by atoms with E-state index in [1.165, 1.54) is 0 Å². The summed E-state index contributed by atoms with van der Waals surface area (Å²) in [6.07, 6.45) is 3.45. The number of hydrazine groups is 1. The van der Waals surface area contributed by atoms with Crippen LogP contribution in [0.1, 0.15) is 11.1 Å². The predicted molar refractivity (Wildman–Crippen MR) is 62.5 cm³/mol. The third kappa shape index (κ3) is 1.99. The van der Waals surface area contributed by atoms with Gasteiger partial charge in [-0.1, -0.05) is 6.07 Å². The van der Waals surface area contributed by atoms with Gasteiger partial charge in [0.2, 0.25) is 0 Å². The summed E-state index contributed by atoms with van der Waals surface area (Å²) in [5.41, 5.74) is 5.44. The highest BCUT2D eigenvalue weighted by molar-refractivity contribution is 5.56. The summed E-state index contributed by atoms with van der Waals surface area (Å²) in [4.78, 5) is 12.8. The van der Waals surface area contributed by atoms with Crippen LogP contribution in [0.25, 0.3) is 11.5 Å². The topological polar surface area (TPSA) is 76.7 Å². The number of nitrogens with one attached hydrogen (secondary N) is 1. The van der Waals surface area contributed by atoms with Crippen LogP contribution >= 0.6 is 0 Å². The molecule has 5 nitrogen and oxygen atoms in total. The molecule has 0 aliphatic heterocycles. The Morgan fingerprint density at radius 1 is 1.25 bits per heavy atom. The number of nitrogens with two attached hydrogens (primary N) is 1. The Bertz CT molecular complexity index is 509. The monoisotopic (exact) mass is 215 g/mol. The number of aromatic nitrogens is 3. The fourth-order valence-corrected chi connectivity index (χ4v) is 1.50. The Morgan fingerprint density at radius 2 is 2.06 bits per heavy atom. The number of hydrogen-bond acceptors (Lipinski definition) is 5. The molecular weight excluding hydrogens is 202 g/mol. The number of anilines is 1. The molecule has 0 saturated carbocycles. The SMILES string of the molecule is Cc1cnc(-c2nccc(NN)n2)c(C)c1. The van der Waals surface area contributed by atoms with Crippen molar-refractivity contribution in [2.75, 3.05) is 5.43 Å². The van der Waals surface area contributed by atoms with Crippen molar-refractivity contribution in [2.45, 2.75) is 13.8 Å². The van der Waals surface area contributed by atoms with Gasteiger partial charge in [0, 0.05) is 18.5 Å². The van der Waals surface area contributed by atoms with E-state index in [2.05, 4.69) is 20.4 Å². The van der Waals surface area contributed by atoms with E-state index >= 15 is 0 Å². The van der Waals surface area contributed by atoms with Gasteiger partial charge in [0.1, 0.15) is 11.5 Å². The highest BCUT2D eigenvalue weighted by Crippen LogP contribution is 2.18. The highest BCUT2D eigenvalue weighted by atomic mass is 15.3. The second kappa shape index (κ2) is 4.24. The molecule has 0 atom stereocenters. The van der Waals surface area contributed by atoms with Crippen molar-refractivity contribution in [2.24, 2.45) is 5.84 Å². The first-order chi connectivity index (χ1) is 7.70. The zero-order valence-corrected chi connectivity index (χ0v) is 9.23. The summed E-state index contributed by atoms with van der Waals surface area (Å²) in [6, 6.07) is 3.75. The Kier molecular flexibility index (Phi) is 2.78. The molecular formula is C11H13N5. The van der Waals surface area contributed by atoms with E-state index in [4.69, 9.17) is 5.84 Å². The largest absolute Gasteiger partial charge is 0.308 e. The average molecular weight is 215 g/mol. The van der Waals surface area contributed by atoms with Gasteiger partial charge in [0.15, 0.2) is 5.82 Å². The minimum Gasteiger partial charge on any atom is -0.308 e. The lowest BCUT2D eigenvalue weighted by molar-refractivity contribution is 1.10. The molecule has 0 spiro atoms. The smallest absolute Gasteiger partial charge is 0.180 e. The molecule has 0 aromatic carbocycles. The van der Waals surface area contributed by atoms with Gasteiger partial charge in [0.25, 0.3) is 0 Å². The summed E-state index contributed by atoms with van der Waals surface area (Å²) < 4.78 is 0. The van der Waals surface area contributed by atoms with Gasteiger partial charge >= 0.3 is 0 Å². The van der Waals surface area contributed by atoms with E-state index in [-0.39, 0.29) is 0 Å². The number of pyridine rings is 1. The van der Waals surface area contributed by atoms with Crippen molar-refractivity contribution in [3.8, 4) is 11.5 Å². The molecule has 0 unspecified atom stereocenters. The molecule has 0 saturated heterocycles. The normalized spacial score (nSPS) is 10.2. The maximum absolute atomic E-state index is 5.30. The van der Waals surface area contributed by atoms with E-state index in [9.17, 15) is 0 Å². The molecule has 2 aromatic rings. The molecule has 0 radical (unpaired) electrons. The second-order valence-electron chi connectivity index (χ2n) is 3.59. The number of rotatable bonds is 2. The quantitative estimate of drug-likeness (QED) is 0.585. The van der Waals surface area contributed by atoms with Gasteiger partial charge < -0.3 is 5.43 Å². The zero-order chi connectivity index (χ0) is 11.5. The molecule has 16 heavy (non-hydrogen) atoms. The van der Waals surface area contributed by atoms with Gasteiger partial charge in [0.05, 0.1) is 0 Å². The number of nitrogen functional groups attached to an aromatic ring is 1. The Labute approximate surface area is 93.7 Å². The van der Waals surface area contributed by atoms with Crippen LogP contribution in [0.15, 0.2) is 24.5 Å². The molecule has 5 heteroatoms. The fourth-order valence-electron chi connectivity index (χ4n) is 1.50. The lowest BCUT2D eigenvalue weighted by atomic mass is 10.1. The van der Waals surface area contributed by atoms with Crippen LogP contribution in [-0.4, -0.2) is 15.0 Å². The molecule has 2 aromatic heterocycles. The fraction of sp³-hybridized carbons (Fsp3) is 0.182. The van der Waals surface area contributed by atoms with Crippen molar-refractivity contribution < 1.29 is 0 Å². The van der Waals surface area contributed by atoms with Crippen LogP contribution in [-0.2, 0) is 0 Å². The van der Waals surface area contributed by atoms with E-state index < -0.39 is 0 Å². The van der Waals surface area contributed by atoms with Gasteiger partial charge in [-0.05, 0) is 25.0 Å². The Morgan fingerprint density at radius 3 is 2.75 bits per heavy atom. The lowest BCUT2D eigenvalue weighted by Gasteiger charge is -2.05. The summed E-state index contributed by atoms with van der Waals surface area (Å²) >= 11 is 0. The van der Waals surface area contributed by atoms with Crippen LogP contribution < -0.4 is 11.3 Å². The molecule has 82 valence electrons. The first-order valence-electron chi connectivity index (χ1n) is 4.94. The van der Waals surface area contributed by atoms with E-state index in [1.54, 1.807) is 18.5 Å². The molecule has 2 rings (SSSR count). The predicted octanol–water partition coefficient (Wildman–Crippen LogP) is 1.44. The number of nitrogens with zero attached hydrogens (tertiary/aromatic N) is 3. The average Bonchev–Trinajstić information content (AvgIpc) is 2.29. The third-order valence-corrected chi connectivity index (χ3v) is 2.23. The van der Waals surface area contributed by atoms with Gasteiger partial charge in [-0.15, -0.1) is 0 Å². The Balaban J connectivity index is 2.49. The van der Waals surface area contributed by atoms with Gasteiger partial charge in [-0.25, -0.2) is 15.8 Å². The van der Waals surface area contributed by atoms with Gasteiger partial charge in [-0.2, -0.15) is 0 Å². The van der Waals surface area contributed by atoms with Crippen LogP contribution in [0.2, 0.25) is 0 Å². The van der Waals surface area contributed by atoms with Crippen LogP contribution in [0.5, 0.6) is 0 Å². The molecule has 2 heterocycles. The minimum absolute atomic E-state index is 0.576. The first-order valence-corrected chi connectivity index (χ1v) is 4.94. The van der Waals surface area contributed by atoms with E-state index in [0.717, 1.165) is 16.8 Å². The molecule has 0 amide bonds. The van der Waals surface area contributed by atoms with Crippen LogP contribution in [0.4, 0.5) is 5.82 Å². The lowest BCUT2D eigenvalue weighted by Crippen LogP contribution is -2.09. The van der Waals surface area contributed by atoms with Crippen molar-refractivity contribution in [3.63, 3.8) is 0 Å². The molecule has 0 fully saturated rings.